The van der Waals surface area contributed by atoms with Gasteiger partial charge in [0.1, 0.15) is 0 Å². The maximum Gasteiger partial charge on any atom is 0.238 e. The second kappa shape index (κ2) is 7.80. The number of amides is 1. The fourth-order valence-corrected chi connectivity index (χ4v) is 4.19. The minimum atomic E-state index is -3.83. The van der Waals surface area contributed by atoms with Crippen molar-refractivity contribution in [3.05, 3.63) is 59.2 Å². The van der Waals surface area contributed by atoms with Gasteiger partial charge in [0.2, 0.25) is 15.9 Å². The quantitative estimate of drug-likeness (QED) is 0.825. The molecule has 1 aliphatic heterocycles. The fraction of sp³-hybridized carbons (Fsp3) is 0.350. The van der Waals surface area contributed by atoms with Gasteiger partial charge in [-0.25, -0.2) is 13.6 Å². The summed E-state index contributed by atoms with van der Waals surface area (Å²) >= 11 is 0. The number of aryl methyl sites for hydroxylation is 1. The average Bonchev–Trinajstić information content (AvgIpc) is 3.06. The number of primary sulfonamides is 1. The third-order valence-corrected chi connectivity index (χ3v) is 6.03. The smallest absolute Gasteiger partial charge is 0.238 e. The van der Waals surface area contributed by atoms with Crippen LogP contribution in [0.3, 0.4) is 0 Å². The van der Waals surface area contributed by atoms with Crippen molar-refractivity contribution >= 4 is 21.6 Å². The molecule has 0 aliphatic carbocycles. The summed E-state index contributed by atoms with van der Waals surface area (Å²) in [5, 5.41) is 8.10. The van der Waals surface area contributed by atoms with Crippen LogP contribution in [0.4, 0.5) is 5.69 Å². The number of nitrogens with two attached hydrogens (primary N) is 1. The minimum Gasteiger partial charge on any atom is -0.325 e. The molecule has 0 aromatic heterocycles. The van der Waals surface area contributed by atoms with Gasteiger partial charge < -0.3 is 5.32 Å². The van der Waals surface area contributed by atoms with E-state index < -0.39 is 10.0 Å². The van der Waals surface area contributed by atoms with E-state index in [1.807, 2.05) is 25.1 Å². The molecule has 1 amide bonds. The molecule has 1 fully saturated rings. The molecule has 1 atom stereocenters. The van der Waals surface area contributed by atoms with E-state index in [1.54, 1.807) is 6.92 Å². The van der Waals surface area contributed by atoms with Crippen molar-refractivity contribution in [1.29, 1.82) is 0 Å². The van der Waals surface area contributed by atoms with Gasteiger partial charge in [-0.15, -0.1) is 0 Å². The van der Waals surface area contributed by atoms with Gasteiger partial charge >= 0.3 is 0 Å². The standard InChI is InChI=1S/C20H25N3O3S/c1-14-11-17(27(21,25)26)12-18(15(14)2)22-20(24)13-23-10-6-9-19(23)16-7-4-3-5-8-16/h3-5,7-8,11-12,19H,6,9-10,13H2,1-2H3,(H,22,24)(H2,21,25,26)/t19-/m0/s1. The molecule has 0 radical (unpaired) electrons. The molecule has 0 bridgehead atoms. The summed E-state index contributed by atoms with van der Waals surface area (Å²) in [5.74, 6) is -0.160. The summed E-state index contributed by atoms with van der Waals surface area (Å²) in [6.45, 7) is 4.77. The Hall–Kier alpha value is -2.22. The Balaban J connectivity index is 1.75. The van der Waals surface area contributed by atoms with Crippen molar-refractivity contribution in [2.75, 3.05) is 18.4 Å². The van der Waals surface area contributed by atoms with Crippen molar-refractivity contribution in [3.63, 3.8) is 0 Å². The number of sulfonamides is 1. The number of hydrogen-bond acceptors (Lipinski definition) is 4. The lowest BCUT2D eigenvalue weighted by atomic mass is 10.0. The summed E-state index contributed by atoms with van der Waals surface area (Å²) in [6, 6.07) is 13.4. The van der Waals surface area contributed by atoms with Crippen molar-refractivity contribution in [2.45, 2.75) is 37.6 Å². The summed E-state index contributed by atoms with van der Waals surface area (Å²) in [4.78, 5) is 14.8. The largest absolute Gasteiger partial charge is 0.325 e. The Kier molecular flexibility index (Phi) is 5.64. The first-order valence-corrected chi connectivity index (χ1v) is 10.5. The average molecular weight is 388 g/mol. The summed E-state index contributed by atoms with van der Waals surface area (Å²) in [6.07, 6.45) is 2.07. The van der Waals surface area contributed by atoms with Crippen LogP contribution in [0, 0.1) is 13.8 Å². The highest BCUT2D eigenvalue weighted by atomic mass is 32.2. The molecule has 0 unspecified atom stereocenters. The van der Waals surface area contributed by atoms with Crippen LogP contribution in [0.5, 0.6) is 0 Å². The molecule has 2 aromatic rings. The topological polar surface area (TPSA) is 92.5 Å². The Morgan fingerprint density at radius 2 is 1.93 bits per heavy atom. The molecule has 0 saturated carbocycles. The molecule has 6 nitrogen and oxygen atoms in total. The lowest BCUT2D eigenvalue weighted by Gasteiger charge is -2.24. The lowest BCUT2D eigenvalue weighted by molar-refractivity contribution is -0.117. The van der Waals surface area contributed by atoms with Crippen molar-refractivity contribution in [3.8, 4) is 0 Å². The van der Waals surface area contributed by atoms with Crippen molar-refractivity contribution < 1.29 is 13.2 Å². The molecule has 144 valence electrons. The Morgan fingerprint density at radius 1 is 1.22 bits per heavy atom. The van der Waals surface area contributed by atoms with Crippen molar-refractivity contribution in [2.24, 2.45) is 5.14 Å². The second-order valence-electron chi connectivity index (χ2n) is 7.05. The number of nitrogens with one attached hydrogen (secondary N) is 1. The maximum atomic E-state index is 12.6. The highest BCUT2D eigenvalue weighted by Crippen LogP contribution is 2.31. The third kappa shape index (κ3) is 4.55. The van der Waals surface area contributed by atoms with Gasteiger partial charge in [0.05, 0.1) is 11.4 Å². The molecular weight excluding hydrogens is 362 g/mol. The van der Waals surface area contributed by atoms with Crippen LogP contribution in [-0.2, 0) is 14.8 Å². The highest BCUT2D eigenvalue weighted by molar-refractivity contribution is 7.89. The monoisotopic (exact) mass is 387 g/mol. The second-order valence-corrected chi connectivity index (χ2v) is 8.61. The number of likely N-dealkylation sites (tertiary alicyclic amines) is 1. The van der Waals surface area contributed by atoms with Crippen LogP contribution in [0.1, 0.15) is 35.6 Å². The van der Waals surface area contributed by atoms with E-state index in [0.29, 0.717) is 5.69 Å². The Morgan fingerprint density at radius 3 is 2.59 bits per heavy atom. The van der Waals surface area contributed by atoms with Crippen LogP contribution in [-0.4, -0.2) is 32.3 Å². The zero-order valence-electron chi connectivity index (χ0n) is 15.6. The molecule has 1 saturated heterocycles. The van der Waals surface area contributed by atoms with Gasteiger partial charge in [-0.3, -0.25) is 9.69 Å². The van der Waals surface area contributed by atoms with Crippen LogP contribution in [0.15, 0.2) is 47.4 Å². The molecule has 0 spiro atoms. The highest BCUT2D eigenvalue weighted by Gasteiger charge is 2.27. The summed E-state index contributed by atoms with van der Waals surface area (Å²) in [5.41, 5.74) is 3.29. The van der Waals surface area contributed by atoms with E-state index >= 15 is 0 Å². The molecule has 1 aliphatic rings. The van der Waals surface area contributed by atoms with Crippen molar-refractivity contribution in [1.82, 2.24) is 4.90 Å². The number of hydrogen-bond donors (Lipinski definition) is 2. The van der Waals surface area contributed by atoms with Gasteiger partial charge in [-0.2, -0.15) is 0 Å². The third-order valence-electron chi connectivity index (χ3n) is 5.14. The Bertz CT molecular complexity index is 942. The molecular formula is C20H25N3O3S. The van der Waals surface area contributed by atoms with Crippen LogP contribution in [0.2, 0.25) is 0 Å². The first-order valence-electron chi connectivity index (χ1n) is 8.98. The zero-order chi connectivity index (χ0) is 19.6. The zero-order valence-corrected chi connectivity index (χ0v) is 16.4. The molecule has 3 rings (SSSR count). The SMILES string of the molecule is Cc1cc(S(N)(=O)=O)cc(NC(=O)CN2CCC[C@H]2c2ccccc2)c1C. The molecule has 27 heavy (non-hydrogen) atoms. The van der Waals surface area contributed by atoms with Crippen LogP contribution in [0.25, 0.3) is 0 Å². The number of rotatable bonds is 5. The van der Waals surface area contributed by atoms with E-state index in [0.717, 1.165) is 30.5 Å². The van der Waals surface area contributed by atoms with Gasteiger partial charge in [-0.05, 0) is 62.1 Å². The number of carbonyl (C=O) groups is 1. The normalized spacial score (nSPS) is 17.8. The lowest BCUT2D eigenvalue weighted by Crippen LogP contribution is -2.33. The van der Waals surface area contributed by atoms with E-state index in [9.17, 15) is 13.2 Å². The van der Waals surface area contributed by atoms with E-state index in [4.69, 9.17) is 5.14 Å². The van der Waals surface area contributed by atoms with Crippen LogP contribution < -0.4 is 10.5 Å². The predicted octanol–water partition coefficient (Wildman–Crippen LogP) is 2.73. The van der Waals surface area contributed by atoms with Crippen LogP contribution >= 0.6 is 0 Å². The number of nitrogens with zero attached hydrogens (tertiary/aromatic N) is 1. The predicted molar refractivity (Wildman–Crippen MR) is 106 cm³/mol. The van der Waals surface area contributed by atoms with Gasteiger partial charge in [0.25, 0.3) is 0 Å². The minimum absolute atomic E-state index is 0.00392. The van der Waals surface area contributed by atoms with Gasteiger partial charge in [-0.1, -0.05) is 30.3 Å². The van der Waals surface area contributed by atoms with Gasteiger partial charge in [0.15, 0.2) is 0 Å². The van der Waals surface area contributed by atoms with E-state index in [-0.39, 0.29) is 23.4 Å². The Labute approximate surface area is 160 Å². The first-order chi connectivity index (χ1) is 12.8. The van der Waals surface area contributed by atoms with Gasteiger partial charge in [0, 0.05) is 11.7 Å². The first kappa shape index (κ1) is 19.5. The summed E-state index contributed by atoms with van der Waals surface area (Å²) in [7, 11) is -3.83. The maximum absolute atomic E-state index is 12.6. The molecule has 3 N–H and O–H groups in total. The fourth-order valence-electron chi connectivity index (χ4n) is 3.56. The number of benzene rings is 2. The van der Waals surface area contributed by atoms with E-state index in [2.05, 4.69) is 22.3 Å². The summed E-state index contributed by atoms with van der Waals surface area (Å²) < 4.78 is 23.3. The molecule has 2 aromatic carbocycles. The number of carbonyl (C=O) groups excluding carboxylic acids is 1. The van der Waals surface area contributed by atoms with E-state index in [1.165, 1.54) is 17.7 Å². The molecule has 1 heterocycles. The molecule has 7 heteroatoms. The number of anilines is 1.